The molecule has 0 N–H and O–H groups in total. The van der Waals surface area contributed by atoms with Gasteiger partial charge in [-0.15, -0.1) is 0 Å². The molecule has 16 heavy (non-hydrogen) atoms. The van der Waals surface area contributed by atoms with Crippen molar-refractivity contribution in [3.8, 4) is 0 Å². The number of fused-ring (bicyclic) bond motifs is 3. The first-order valence-electron chi connectivity index (χ1n) is 5.69. The molecule has 3 saturated heterocycles. The van der Waals surface area contributed by atoms with Gasteiger partial charge < -0.3 is 23.7 Å². The maximum Gasteiger partial charge on any atom is 0.189 e. The Balaban J connectivity index is 1.81. The minimum atomic E-state index is -0.611. The summed E-state index contributed by atoms with van der Waals surface area (Å²) in [6, 6.07) is 0. The van der Waals surface area contributed by atoms with Crippen molar-refractivity contribution in [2.75, 3.05) is 6.61 Å². The molecule has 92 valence electrons. The Hall–Kier alpha value is -0.200. The molecule has 0 saturated carbocycles. The molecular formula is C11H18O5. The van der Waals surface area contributed by atoms with Crippen LogP contribution in [0.15, 0.2) is 0 Å². The molecule has 0 aromatic heterocycles. The fourth-order valence-corrected chi connectivity index (χ4v) is 2.57. The second kappa shape index (κ2) is 3.17. The molecule has 0 aromatic carbocycles. The number of ether oxygens (including phenoxy) is 5. The van der Waals surface area contributed by atoms with Crippen molar-refractivity contribution in [2.45, 2.75) is 63.9 Å². The monoisotopic (exact) mass is 230 g/mol. The van der Waals surface area contributed by atoms with E-state index >= 15 is 0 Å². The van der Waals surface area contributed by atoms with Gasteiger partial charge in [0.25, 0.3) is 0 Å². The molecule has 5 nitrogen and oxygen atoms in total. The molecular weight excluding hydrogens is 212 g/mol. The van der Waals surface area contributed by atoms with Gasteiger partial charge in [-0.25, -0.2) is 0 Å². The Morgan fingerprint density at radius 2 is 1.44 bits per heavy atom. The van der Waals surface area contributed by atoms with E-state index in [2.05, 4.69) is 0 Å². The summed E-state index contributed by atoms with van der Waals surface area (Å²) >= 11 is 0. The molecule has 0 amide bonds. The summed E-state index contributed by atoms with van der Waals surface area (Å²) in [5.41, 5.74) is 0. The molecule has 5 heteroatoms. The van der Waals surface area contributed by atoms with Gasteiger partial charge in [-0.3, -0.25) is 0 Å². The number of hydrogen-bond acceptors (Lipinski definition) is 5. The Bertz CT molecular complexity index is 271. The topological polar surface area (TPSA) is 46.2 Å². The molecule has 3 aliphatic heterocycles. The van der Waals surface area contributed by atoms with E-state index in [-0.39, 0.29) is 24.6 Å². The molecule has 3 heterocycles. The van der Waals surface area contributed by atoms with Crippen LogP contribution in [0.1, 0.15) is 27.7 Å². The molecule has 0 bridgehead atoms. The SMILES string of the molecule is CC1(C)O[C@H]2[C@@H](COC3OC(C)(C)O[C@@H]32)O1. The van der Waals surface area contributed by atoms with Crippen LogP contribution in [0.5, 0.6) is 0 Å². The molecule has 1 unspecified atom stereocenters. The molecule has 0 radical (unpaired) electrons. The van der Waals surface area contributed by atoms with E-state index in [0.717, 1.165) is 0 Å². The average Bonchev–Trinajstić information content (AvgIpc) is 2.58. The zero-order valence-corrected chi connectivity index (χ0v) is 10.1. The predicted octanol–water partition coefficient (Wildman–Crippen LogP) is 1.01. The van der Waals surface area contributed by atoms with Crippen molar-refractivity contribution in [3.05, 3.63) is 0 Å². The van der Waals surface area contributed by atoms with Crippen LogP contribution in [0.2, 0.25) is 0 Å². The van der Waals surface area contributed by atoms with E-state index in [1.54, 1.807) is 0 Å². The van der Waals surface area contributed by atoms with Crippen LogP contribution in [0.4, 0.5) is 0 Å². The molecule has 0 spiro atoms. The maximum absolute atomic E-state index is 5.85. The van der Waals surface area contributed by atoms with E-state index in [1.165, 1.54) is 0 Å². The van der Waals surface area contributed by atoms with Gasteiger partial charge in [-0.2, -0.15) is 0 Å². The lowest BCUT2D eigenvalue weighted by Gasteiger charge is -2.30. The predicted molar refractivity (Wildman–Crippen MR) is 53.6 cm³/mol. The molecule has 4 atom stereocenters. The van der Waals surface area contributed by atoms with E-state index in [1.807, 2.05) is 27.7 Å². The fraction of sp³-hybridized carbons (Fsp3) is 1.00. The third-order valence-corrected chi connectivity index (χ3v) is 3.06. The number of hydrogen-bond donors (Lipinski definition) is 0. The lowest BCUT2D eigenvalue weighted by atomic mass is 10.1. The summed E-state index contributed by atoms with van der Waals surface area (Å²) in [6.07, 6.45) is -0.700. The normalized spacial score (nSPS) is 48.8. The summed E-state index contributed by atoms with van der Waals surface area (Å²) in [6.45, 7) is 8.06. The Morgan fingerprint density at radius 1 is 0.812 bits per heavy atom. The Kier molecular flexibility index (Phi) is 2.17. The van der Waals surface area contributed by atoms with Crippen LogP contribution in [-0.2, 0) is 23.7 Å². The third-order valence-electron chi connectivity index (χ3n) is 3.06. The third kappa shape index (κ3) is 1.67. The Morgan fingerprint density at radius 3 is 2.19 bits per heavy atom. The van der Waals surface area contributed by atoms with Crippen LogP contribution in [-0.4, -0.2) is 42.8 Å². The van der Waals surface area contributed by atoms with Crippen LogP contribution in [0, 0.1) is 0 Å². The van der Waals surface area contributed by atoms with Crippen LogP contribution >= 0.6 is 0 Å². The highest BCUT2D eigenvalue weighted by molar-refractivity contribution is 4.95. The minimum absolute atomic E-state index is 0.0613. The summed E-state index contributed by atoms with van der Waals surface area (Å²) in [7, 11) is 0. The van der Waals surface area contributed by atoms with Gasteiger partial charge in [-0.05, 0) is 27.7 Å². The first-order chi connectivity index (χ1) is 7.36. The fourth-order valence-electron chi connectivity index (χ4n) is 2.57. The van der Waals surface area contributed by atoms with Crippen molar-refractivity contribution in [1.29, 1.82) is 0 Å². The van der Waals surface area contributed by atoms with Crippen LogP contribution in [0.25, 0.3) is 0 Å². The molecule has 0 aliphatic carbocycles. The van der Waals surface area contributed by atoms with Crippen molar-refractivity contribution in [2.24, 2.45) is 0 Å². The van der Waals surface area contributed by atoms with Crippen LogP contribution in [0.3, 0.4) is 0 Å². The highest BCUT2D eigenvalue weighted by atomic mass is 16.8. The average molecular weight is 230 g/mol. The molecule has 3 aliphatic rings. The van der Waals surface area contributed by atoms with Gasteiger partial charge in [0.1, 0.15) is 18.3 Å². The van der Waals surface area contributed by atoms with Gasteiger partial charge in [0.2, 0.25) is 0 Å². The van der Waals surface area contributed by atoms with Crippen molar-refractivity contribution >= 4 is 0 Å². The van der Waals surface area contributed by atoms with E-state index in [0.29, 0.717) is 6.61 Å². The zero-order chi connectivity index (χ0) is 11.6. The smallest absolute Gasteiger partial charge is 0.189 e. The van der Waals surface area contributed by atoms with Gasteiger partial charge >= 0.3 is 0 Å². The quantitative estimate of drug-likeness (QED) is 0.621. The number of rotatable bonds is 0. The first kappa shape index (κ1) is 10.9. The second-order valence-corrected chi connectivity index (χ2v) is 5.44. The summed E-state index contributed by atoms with van der Waals surface area (Å²) in [4.78, 5) is 0. The Labute approximate surface area is 94.9 Å². The standard InChI is InChI=1S/C11H18O5/c1-10(2)13-6-5-12-9-8(7(6)14-10)15-11(3,4)16-9/h6-9H,5H2,1-4H3/t6-,7+,8-,9?/m1/s1. The van der Waals surface area contributed by atoms with Crippen LogP contribution < -0.4 is 0 Å². The van der Waals surface area contributed by atoms with Gasteiger partial charge in [-0.1, -0.05) is 0 Å². The minimum Gasteiger partial charge on any atom is -0.347 e. The molecule has 0 aromatic rings. The lowest BCUT2D eigenvalue weighted by Crippen LogP contribution is -2.50. The van der Waals surface area contributed by atoms with Gasteiger partial charge in [0, 0.05) is 0 Å². The van der Waals surface area contributed by atoms with Crippen molar-refractivity contribution < 1.29 is 23.7 Å². The molecule has 3 fully saturated rings. The van der Waals surface area contributed by atoms with E-state index in [9.17, 15) is 0 Å². The first-order valence-corrected chi connectivity index (χ1v) is 5.69. The lowest BCUT2D eigenvalue weighted by molar-refractivity contribution is -0.205. The largest absolute Gasteiger partial charge is 0.347 e. The highest BCUT2D eigenvalue weighted by Gasteiger charge is 2.57. The van der Waals surface area contributed by atoms with E-state index in [4.69, 9.17) is 23.7 Å². The second-order valence-electron chi connectivity index (χ2n) is 5.44. The van der Waals surface area contributed by atoms with E-state index < -0.39 is 11.6 Å². The zero-order valence-electron chi connectivity index (χ0n) is 10.1. The van der Waals surface area contributed by atoms with Gasteiger partial charge in [0.05, 0.1) is 6.61 Å². The maximum atomic E-state index is 5.85. The molecule has 3 rings (SSSR count). The van der Waals surface area contributed by atoms with Crippen molar-refractivity contribution in [3.63, 3.8) is 0 Å². The summed E-state index contributed by atoms with van der Waals surface area (Å²) in [5.74, 6) is -1.18. The summed E-state index contributed by atoms with van der Waals surface area (Å²) < 4.78 is 28.6. The highest BCUT2D eigenvalue weighted by Crippen LogP contribution is 2.41. The summed E-state index contributed by atoms with van der Waals surface area (Å²) in [5, 5.41) is 0. The van der Waals surface area contributed by atoms with Gasteiger partial charge in [0.15, 0.2) is 17.9 Å². The van der Waals surface area contributed by atoms with Crippen molar-refractivity contribution in [1.82, 2.24) is 0 Å².